The molecule has 4 aromatic rings. The zero-order valence-electron chi connectivity index (χ0n) is 26.2. The molecule has 49 heavy (non-hydrogen) atoms. The molecule has 2 aromatic heterocycles. The maximum atomic E-state index is 14.1. The van der Waals surface area contributed by atoms with Gasteiger partial charge in [0.2, 0.25) is 11.7 Å². The highest BCUT2D eigenvalue weighted by molar-refractivity contribution is 5.87. The number of carbonyl (C=O) groups is 1. The second kappa shape index (κ2) is 12.1. The summed E-state index contributed by atoms with van der Waals surface area (Å²) in [6.07, 6.45) is -11.6. The molecule has 0 bridgehead atoms. The number of rotatable bonds is 5. The zero-order valence-corrected chi connectivity index (χ0v) is 26.2. The maximum Gasteiger partial charge on any atom is 0.453 e. The van der Waals surface area contributed by atoms with E-state index >= 15 is 0 Å². The van der Waals surface area contributed by atoms with Crippen LogP contribution < -0.4 is 4.90 Å². The Morgan fingerprint density at radius 2 is 1.55 bits per heavy atom. The average Bonchev–Trinajstić information content (AvgIpc) is 3.43. The van der Waals surface area contributed by atoms with Crippen LogP contribution in [0.5, 0.6) is 0 Å². The Kier molecular flexibility index (Phi) is 8.47. The largest absolute Gasteiger partial charge is 0.453 e. The molecule has 260 valence electrons. The number of anilines is 1. The Labute approximate surface area is 274 Å². The summed E-state index contributed by atoms with van der Waals surface area (Å²) >= 11 is 0. The molecule has 1 saturated carbocycles. The van der Waals surface area contributed by atoms with Gasteiger partial charge in [-0.05, 0) is 67.5 Å². The first-order valence-electron chi connectivity index (χ1n) is 15.2. The molecule has 6 nitrogen and oxygen atoms in total. The Hall–Kier alpha value is -4.56. The summed E-state index contributed by atoms with van der Waals surface area (Å²) in [6.45, 7) is 0.933. The van der Waals surface area contributed by atoms with Gasteiger partial charge in [-0.1, -0.05) is 28.9 Å². The van der Waals surface area contributed by atoms with E-state index < -0.39 is 52.2 Å². The van der Waals surface area contributed by atoms with E-state index in [0.29, 0.717) is 50.0 Å². The van der Waals surface area contributed by atoms with Gasteiger partial charge < -0.3 is 14.3 Å². The SMILES string of the molecule is CN(C)C(=O)Cc1cc(C(F)(F)F)c2cc(N3CCC4(CC3)CC(=Cc3c(-c5ccccc5C(F)(F)F)noc3C(F)(F)F)C4)ccc2n1. The fourth-order valence-corrected chi connectivity index (χ4v) is 6.68. The summed E-state index contributed by atoms with van der Waals surface area (Å²) in [5.74, 6) is -1.87. The molecule has 1 spiro atoms. The van der Waals surface area contributed by atoms with E-state index in [1.165, 1.54) is 43.3 Å². The summed E-state index contributed by atoms with van der Waals surface area (Å²) in [4.78, 5) is 19.6. The second-order valence-electron chi connectivity index (χ2n) is 12.8. The number of benzene rings is 2. The molecule has 0 N–H and O–H groups in total. The van der Waals surface area contributed by atoms with E-state index in [-0.39, 0.29) is 34.3 Å². The molecular weight excluding hydrogens is 667 g/mol. The first-order valence-corrected chi connectivity index (χ1v) is 15.2. The molecule has 2 aliphatic rings. The Morgan fingerprint density at radius 1 is 0.898 bits per heavy atom. The number of piperidine rings is 1. The van der Waals surface area contributed by atoms with Crippen LogP contribution in [0.2, 0.25) is 0 Å². The molecule has 0 unspecified atom stereocenters. The highest BCUT2D eigenvalue weighted by Gasteiger charge is 2.45. The topological polar surface area (TPSA) is 62.5 Å². The highest BCUT2D eigenvalue weighted by Crippen LogP contribution is 2.54. The predicted octanol–water partition coefficient (Wildman–Crippen LogP) is 9.04. The van der Waals surface area contributed by atoms with Crippen molar-refractivity contribution < 1.29 is 48.8 Å². The quantitative estimate of drug-likeness (QED) is 0.195. The van der Waals surface area contributed by atoms with Crippen LogP contribution >= 0.6 is 0 Å². The fourth-order valence-electron chi connectivity index (χ4n) is 6.68. The molecule has 15 heteroatoms. The molecule has 0 radical (unpaired) electrons. The summed E-state index contributed by atoms with van der Waals surface area (Å²) in [5, 5.41) is 3.32. The lowest BCUT2D eigenvalue weighted by Gasteiger charge is -2.50. The number of pyridine rings is 1. The van der Waals surface area contributed by atoms with Crippen LogP contribution in [0.1, 0.15) is 53.8 Å². The van der Waals surface area contributed by atoms with Gasteiger partial charge in [-0.15, -0.1) is 0 Å². The minimum atomic E-state index is -5.00. The van der Waals surface area contributed by atoms with Gasteiger partial charge >= 0.3 is 18.5 Å². The van der Waals surface area contributed by atoms with Crippen molar-refractivity contribution >= 4 is 28.6 Å². The van der Waals surface area contributed by atoms with Crippen molar-refractivity contribution in [1.29, 1.82) is 0 Å². The third kappa shape index (κ3) is 6.84. The number of likely N-dealkylation sites (N-methyl/N-ethyl adjacent to an activating group) is 1. The third-order valence-corrected chi connectivity index (χ3v) is 9.20. The van der Waals surface area contributed by atoms with E-state index in [1.807, 2.05) is 4.90 Å². The van der Waals surface area contributed by atoms with Crippen LogP contribution in [0.15, 0.2) is 58.6 Å². The number of allylic oxidation sites excluding steroid dienone is 1. The molecule has 6 rings (SSSR count). The second-order valence-corrected chi connectivity index (χ2v) is 12.8. The van der Waals surface area contributed by atoms with Crippen LogP contribution in [-0.4, -0.2) is 48.1 Å². The third-order valence-electron chi connectivity index (χ3n) is 9.20. The van der Waals surface area contributed by atoms with Crippen LogP contribution in [0.4, 0.5) is 45.2 Å². The van der Waals surface area contributed by atoms with Crippen LogP contribution in [-0.2, 0) is 29.7 Å². The minimum absolute atomic E-state index is 0.00488. The summed E-state index contributed by atoms with van der Waals surface area (Å²) in [5.41, 5.74) is -2.69. The van der Waals surface area contributed by atoms with Crippen molar-refractivity contribution in [3.63, 3.8) is 0 Å². The number of carbonyl (C=O) groups excluding carboxylic acids is 1. The monoisotopic (exact) mass is 696 g/mol. The number of aromatic nitrogens is 2. The lowest BCUT2D eigenvalue weighted by atomic mass is 9.60. The summed E-state index contributed by atoms with van der Waals surface area (Å²) in [7, 11) is 3.00. The van der Waals surface area contributed by atoms with Gasteiger partial charge in [-0.25, -0.2) is 0 Å². The summed E-state index contributed by atoms with van der Waals surface area (Å²) < 4.78 is 130. The maximum absolute atomic E-state index is 14.1. The van der Waals surface area contributed by atoms with E-state index in [0.717, 1.165) is 24.3 Å². The van der Waals surface area contributed by atoms with Crippen molar-refractivity contribution in [2.75, 3.05) is 32.1 Å². The van der Waals surface area contributed by atoms with Crippen molar-refractivity contribution in [3.8, 4) is 11.3 Å². The number of hydrogen-bond acceptors (Lipinski definition) is 5. The van der Waals surface area contributed by atoms with Gasteiger partial charge in [-0.2, -0.15) is 39.5 Å². The van der Waals surface area contributed by atoms with Gasteiger partial charge in [0.25, 0.3) is 0 Å². The molecule has 1 amide bonds. The number of nitrogens with zero attached hydrogens (tertiary/aromatic N) is 4. The molecule has 1 aliphatic carbocycles. The van der Waals surface area contributed by atoms with Crippen molar-refractivity contribution in [1.82, 2.24) is 15.0 Å². The van der Waals surface area contributed by atoms with Gasteiger partial charge in [0.05, 0.1) is 34.3 Å². The van der Waals surface area contributed by atoms with E-state index in [2.05, 4.69) is 14.7 Å². The Morgan fingerprint density at radius 3 is 2.16 bits per heavy atom. The standard InChI is InChI=1S/C34H29F9N4O2/c1-46(2)28(48)15-20-14-26(33(38,39)40)23-16-21(7-8-27(23)44-20)47-11-9-31(10-12-47)17-19(18-31)13-24-29(45-49-30(24)34(41,42)43)22-5-3-4-6-25(22)32(35,36)37/h3-8,13-14,16H,9-12,15,17-18H2,1-2H3. The number of fused-ring (bicyclic) bond motifs is 1. The Balaban J connectivity index is 1.21. The molecule has 1 aliphatic heterocycles. The van der Waals surface area contributed by atoms with Gasteiger partial charge in [0.1, 0.15) is 5.69 Å². The predicted molar refractivity (Wildman–Crippen MR) is 162 cm³/mol. The van der Waals surface area contributed by atoms with Crippen LogP contribution in [0.3, 0.4) is 0 Å². The van der Waals surface area contributed by atoms with E-state index in [4.69, 9.17) is 0 Å². The molecular formula is C34H29F9N4O2. The lowest BCUT2D eigenvalue weighted by Crippen LogP contribution is -2.44. The number of hydrogen-bond donors (Lipinski definition) is 0. The van der Waals surface area contributed by atoms with Gasteiger partial charge in [-0.3, -0.25) is 9.78 Å². The lowest BCUT2D eigenvalue weighted by molar-refractivity contribution is -0.155. The molecule has 1 saturated heterocycles. The van der Waals surface area contributed by atoms with E-state index in [9.17, 15) is 44.3 Å². The average molecular weight is 697 g/mol. The highest BCUT2D eigenvalue weighted by atomic mass is 19.4. The molecule has 3 heterocycles. The zero-order chi connectivity index (χ0) is 35.5. The molecule has 2 aromatic carbocycles. The van der Waals surface area contributed by atoms with Gasteiger partial charge in [0.15, 0.2) is 0 Å². The van der Waals surface area contributed by atoms with Crippen LogP contribution in [0.25, 0.3) is 28.2 Å². The number of halogens is 9. The minimum Gasteiger partial charge on any atom is -0.371 e. The molecule has 2 fully saturated rings. The van der Waals surface area contributed by atoms with Crippen LogP contribution in [0, 0.1) is 5.41 Å². The van der Waals surface area contributed by atoms with Gasteiger partial charge in [0, 0.05) is 43.8 Å². The Bertz CT molecular complexity index is 1920. The first kappa shape index (κ1) is 34.3. The van der Waals surface area contributed by atoms with E-state index in [1.54, 1.807) is 6.07 Å². The van der Waals surface area contributed by atoms with Crippen molar-refractivity contribution in [2.45, 2.75) is 50.6 Å². The van der Waals surface area contributed by atoms with Crippen molar-refractivity contribution in [3.05, 3.63) is 82.2 Å². The van der Waals surface area contributed by atoms with Crippen molar-refractivity contribution in [2.24, 2.45) is 5.41 Å². The number of amides is 1. The first-order chi connectivity index (χ1) is 22.8. The smallest absolute Gasteiger partial charge is 0.371 e. The fraction of sp³-hybridized carbons (Fsp3) is 0.382. The number of alkyl halides is 9. The normalized spacial score (nSPS) is 16.6. The summed E-state index contributed by atoms with van der Waals surface area (Å²) in [6, 6.07) is 9.71. The molecule has 0 atom stereocenters.